The maximum atomic E-state index is 10.1. The molecule has 0 aromatic carbocycles. The van der Waals surface area contributed by atoms with E-state index in [1.165, 1.54) is 12.8 Å². The first kappa shape index (κ1) is 12.4. The van der Waals surface area contributed by atoms with Crippen molar-refractivity contribution >= 4 is 5.97 Å². The zero-order chi connectivity index (χ0) is 10.3. The number of hydrogen-bond donors (Lipinski definition) is 1. The lowest BCUT2D eigenvalue weighted by molar-refractivity contribution is -0.142. The van der Waals surface area contributed by atoms with E-state index in [-0.39, 0.29) is 11.8 Å². The molecule has 0 saturated carbocycles. The topological polar surface area (TPSA) is 46.5 Å². The molecule has 1 aliphatic rings. The van der Waals surface area contributed by atoms with E-state index in [0.717, 1.165) is 13.2 Å². The van der Waals surface area contributed by atoms with Crippen molar-refractivity contribution in [2.75, 3.05) is 13.2 Å². The Morgan fingerprint density at radius 1 is 1.23 bits per heavy atom. The minimum atomic E-state index is -0.708. The molecular weight excluding hydrogens is 168 g/mol. The first-order valence-corrected chi connectivity index (χ1v) is 4.86. The predicted octanol–water partition coefficient (Wildman–Crippen LogP) is 2.16. The average molecular weight is 188 g/mol. The third kappa shape index (κ3) is 6.58. The van der Waals surface area contributed by atoms with Crippen LogP contribution in [0.1, 0.15) is 33.6 Å². The van der Waals surface area contributed by atoms with Crippen LogP contribution in [0, 0.1) is 11.8 Å². The molecule has 0 radical (unpaired) electrons. The second-order valence-electron chi connectivity index (χ2n) is 3.69. The van der Waals surface area contributed by atoms with Crippen LogP contribution >= 0.6 is 0 Å². The molecule has 0 aromatic rings. The van der Waals surface area contributed by atoms with Crippen molar-refractivity contribution in [3.8, 4) is 0 Å². The second-order valence-corrected chi connectivity index (χ2v) is 3.69. The van der Waals surface area contributed by atoms with Gasteiger partial charge < -0.3 is 9.84 Å². The van der Waals surface area contributed by atoms with Crippen LogP contribution < -0.4 is 0 Å². The minimum absolute atomic E-state index is 0.213. The van der Waals surface area contributed by atoms with Crippen LogP contribution in [0.2, 0.25) is 0 Å². The SMILES string of the molecule is C1CCOC1.CC(C)[C@@H](C)C(=O)O. The van der Waals surface area contributed by atoms with Gasteiger partial charge >= 0.3 is 5.97 Å². The highest BCUT2D eigenvalue weighted by Crippen LogP contribution is 2.08. The Balaban J connectivity index is 0.000000243. The fourth-order valence-corrected chi connectivity index (χ4v) is 0.795. The molecule has 1 rings (SSSR count). The molecule has 1 atom stereocenters. The van der Waals surface area contributed by atoms with E-state index in [1.54, 1.807) is 6.92 Å². The van der Waals surface area contributed by atoms with Gasteiger partial charge in [-0.05, 0) is 18.8 Å². The van der Waals surface area contributed by atoms with Gasteiger partial charge in [-0.1, -0.05) is 20.8 Å². The Morgan fingerprint density at radius 3 is 1.77 bits per heavy atom. The van der Waals surface area contributed by atoms with Crippen molar-refractivity contribution in [3.05, 3.63) is 0 Å². The van der Waals surface area contributed by atoms with Gasteiger partial charge in [-0.3, -0.25) is 4.79 Å². The van der Waals surface area contributed by atoms with E-state index < -0.39 is 5.97 Å². The van der Waals surface area contributed by atoms with Crippen LogP contribution in [0.15, 0.2) is 0 Å². The largest absolute Gasteiger partial charge is 0.481 e. The highest BCUT2D eigenvalue weighted by Gasteiger charge is 2.13. The van der Waals surface area contributed by atoms with E-state index in [4.69, 9.17) is 9.84 Å². The number of carboxylic acids is 1. The van der Waals surface area contributed by atoms with Gasteiger partial charge in [0.05, 0.1) is 5.92 Å². The average Bonchev–Trinajstić information content (AvgIpc) is 2.59. The third-order valence-electron chi connectivity index (χ3n) is 2.22. The number of carbonyl (C=O) groups is 1. The molecule has 78 valence electrons. The Hall–Kier alpha value is -0.570. The lowest BCUT2D eigenvalue weighted by Gasteiger charge is -2.07. The number of ether oxygens (including phenoxy) is 1. The summed E-state index contributed by atoms with van der Waals surface area (Å²) in [5, 5.41) is 8.35. The summed E-state index contributed by atoms with van der Waals surface area (Å²) < 4.78 is 4.94. The minimum Gasteiger partial charge on any atom is -0.481 e. The smallest absolute Gasteiger partial charge is 0.306 e. The van der Waals surface area contributed by atoms with Crippen molar-refractivity contribution in [3.63, 3.8) is 0 Å². The summed E-state index contributed by atoms with van der Waals surface area (Å²) >= 11 is 0. The van der Waals surface area contributed by atoms with E-state index in [1.807, 2.05) is 13.8 Å². The molecule has 0 aliphatic carbocycles. The predicted molar refractivity (Wildman–Crippen MR) is 51.7 cm³/mol. The molecule has 3 nitrogen and oxygen atoms in total. The van der Waals surface area contributed by atoms with Gasteiger partial charge in [-0.25, -0.2) is 0 Å². The molecule has 0 aromatic heterocycles. The highest BCUT2D eigenvalue weighted by atomic mass is 16.5. The molecule has 0 amide bonds. The Bertz CT molecular complexity index is 131. The van der Waals surface area contributed by atoms with Crippen molar-refractivity contribution < 1.29 is 14.6 Å². The van der Waals surface area contributed by atoms with Gasteiger partial charge in [-0.2, -0.15) is 0 Å². The van der Waals surface area contributed by atoms with Gasteiger partial charge in [0, 0.05) is 13.2 Å². The highest BCUT2D eigenvalue weighted by molar-refractivity contribution is 5.69. The van der Waals surface area contributed by atoms with Crippen LogP contribution in [0.3, 0.4) is 0 Å². The van der Waals surface area contributed by atoms with E-state index in [0.29, 0.717) is 0 Å². The summed E-state index contributed by atoms with van der Waals surface area (Å²) in [5.41, 5.74) is 0. The van der Waals surface area contributed by atoms with Gasteiger partial charge in [-0.15, -0.1) is 0 Å². The molecule has 3 heteroatoms. The molecule has 0 bridgehead atoms. The van der Waals surface area contributed by atoms with Gasteiger partial charge in [0.25, 0.3) is 0 Å². The number of aliphatic carboxylic acids is 1. The van der Waals surface area contributed by atoms with Crippen molar-refractivity contribution in [2.24, 2.45) is 11.8 Å². The van der Waals surface area contributed by atoms with Gasteiger partial charge in [0.15, 0.2) is 0 Å². The summed E-state index contributed by atoms with van der Waals surface area (Å²) in [7, 11) is 0. The third-order valence-corrected chi connectivity index (χ3v) is 2.22. The van der Waals surface area contributed by atoms with Crippen LogP contribution in [-0.4, -0.2) is 24.3 Å². The standard InChI is InChI=1S/C6H12O2.C4H8O/c1-4(2)5(3)6(7)8;1-2-4-5-3-1/h4-5H,1-3H3,(H,7,8);1-4H2/t5-;/m1./s1. The molecule has 0 spiro atoms. The Kier molecular flexibility index (Phi) is 6.59. The fourth-order valence-electron chi connectivity index (χ4n) is 0.795. The van der Waals surface area contributed by atoms with Crippen LogP contribution in [0.25, 0.3) is 0 Å². The quantitative estimate of drug-likeness (QED) is 0.722. The van der Waals surface area contributed by atoms with Crippen molar-refractivity contribution in [1.29, 1.82) is 0 Å². The summed E-state index contributed by atoms with van der Waals surface area (Å²) in [6.45, 7) is 7.52. The monoisotopic (exact) mass is 188 g/mol. The fraction of sp³-hybridized carbons (Fsp3) is 0.900. The lowest BCUT2D eigenvalue weighted by Crippen LogP contribution is -2.15. The Morgan fingerprint density at radius 2 is 1.69 bits per heavy atom. The maximum Gasteiger partial charge on any atom is 0.306 e. The summed E-state index contributed by atoms with van der Waals surface area (Å²) in [6.07, 6.45) is 2.56. The Labute approximate surface area is 80.1 Å². The normalized spacial score (nSPS) is 17.8. The molecule has 1 heterocycles. The first-order chi connectivity index (χ1) is 6.05. The molecule has 1 aliphatic heterocycles. The zero-order valence-electron chi connectivity index (χ0n) is 8.75. The van der Waals surface area contributed by atoms with Crippen molar-refractivity contribution in [1.82, 2.24) is 0 Å². The van der Waals surface area contributed by atoms with Crippen molar-refractivity contribution in [2.45, 2.75) is 33.6 Å². The first-order valence-electron chi connectivity index (χ1n) is 4.86. The van der Waals surface area contributed by atoms with Crippen LogP contribution in [-0.2, 0) is 9.53 Å². The second kappa shape index (κ2) is 6.89. The van der Waals surface area contributed by atoms with Crippen LogP contribution in [0.5, 0.6) is 0 Å². The molecule has 1 fully saturated rings. The van der Waals surface area contributed by atoms with Gasteiger partial charge in [0.2, 0.25) is 0 Å². The summed E-state index contributed by atoms with van der Waals surface area (Å²) in [4.78, 5) is 10.1. The molecular formula is C10H20O3. The lowest BCUT2D eigenvalue weighted by atomic mass is 9.99. The van der Waals surface area contributed by atoms with Crippen LogP contribution in [0.4, 0.5) is 0 Å². The number of hydrogen-bond acceptors (Lipinski definition) is 2. The van der Waals surface area contributed by atoms with Gasteiger partial charge in [0.1, 0.15) is 0 Å². The number of carboxylic acid groups (broad SMARTS) is 1. The number of rotatable bonds is 2. The molecule has 1 saturated heterocycles. The zero-order valence-corrected chi connectivity index (χ0v) is 8.75. The van der Waals surface area contributed by atoms with E-state index >= 15 is 0 Å². The van der Waals surface area contributed by atoms with E-state index in [2.05, 4.69) is 0 Å². The van der Waals surface area contributed by atoms with E-state index in [9.17, 15) is 4.79 Å². The maximum absolute atomic E-state index is 10.1. The molecule has 1 N–H and O–H groups in total. The summed E-state index contributed by atoms with van der Waals surface area (Å²) in [5.74, 6) is -0.678. The molecule has 0 unspecified atom stereocenters. The summed E-state index contributed by atoms with van der Waals surface area (Å²) in [6, 6.07) is 0. The molecule has 13 heavy (non-hydrogen) atoms.